The van der Waals surface area contributed by atoms with Gasteiger partial charge in [0.15, 0.2) is 5.82 Å². The van der Waals surface area contributed by atoms with Crippen LogP contribution < -0.4 is 4.74 Å². The van der Waals surface area contributed by atoms with Gasteiger partial charge in [0, 0.05) is 35.7 Å². The van der Waals surface area contributed by atoms with E-state index in [4.69, 9.17) is 4.74 Å². The third-order valence-corrected chi connectivity index (χ3v) is 3.41. The number of non-ortho nitro benzene ring substituents is 1. The lowest BCUT2D eigenvalue weighted by Gasteiger charge is -2.04. The summed E-state index contributed by atoms with van der Waals surface area (Å²) in [6.07, 6.45) is 3.40. The van der Waals surface area contributed by atoms with Crippen molar-refractivity contribution in [2.45, 2.75) is 0 Å². The van der Waals surface area contributed by atoms with E-state index in [1.165, 1.54) is 12.1 Å². The summed E-state index contributed by atoms with van der Waals surface area (Å²) in [6.45, 7) is 0. The minimum Gasteiger partial charge on any atom is -0.497 e. The SMILES string of the molecule is COc1ccc(-c2ncc(-c3ccc([N+](=O)[O-])cc3)cn2)cc1. The number of nitrogens with zero attached hydrogens (tertiary/aromatic N) is 3. The van der Waals surface area contributed by atoms with Crippen LogP contribution in [0.25, 0.3) is 22.5 Å². The highest BCUT2D eigenvalue weighted by atomic mass is 16.6. The molecule has 0 unspecified atom stereocenters. The van der Waals surface area contributed by atoms with Gasteiger partial charge in [0.2, 0.25) is 0 Å². The number of aromatic nitrogens is 2. The second-order valence-electron chi connectivity index (χ2n) is 4.83. The number of benzene rings is 2. The molecule has 3 aromatic rings. The topological polar surface area (TPSA) is 78.2 Å². The molecule has 0 N–H and O–H groups in total. The van der Waals surface area contributed by atoms with Crippen LogP contribution in [0.1, 0.15) is 0 Å². The lowest BCUT2D eigenvalue weighted by molar-refractivity contribution is -0.384. The number of methoxy groups -OCH3 is 1. The Bertz CT molecular complexity index is 813. The molecule has 0 spiro atoms. The van der Waals surface area contributed by atoms with Gasteiger partial charge >= 0.3 is 0 Å². The summed E-state index contributed by atoms with van der Waals surface area (Å²) < 4.78 is 5.12. The molecule has 6 nitrogen and oxygen atoms in total. The van der Waals surface area contributed by atoms with Gasteiger partial charge in [-0.15, -0.1) is 0 Å². The number of nitro groups is 1. The zero-order valence-corrected chi connectivity index (χ0v) is 12.3. The summed E-state index contributed by atoms with van der Waals surface area (Å²) in [4.78, 5) is 18.9. The molecular formula is C17H13N3O3. The molecule has 0 aliphatic heterocycles. The van der Waals surface area contributed by atoms with Crippen molar-refractivity contribution in [1.82, 2.24) is 9.97 Å². The molecule has 0 fully saturated rings. The summed E-state index contributed by atoms with van der Waals surface area (Å²) in [7, 11) is 1.62. The molecule has 0 saturated heterocycles. The van der Waals surface area contributed by atoms with E-state index in [9.17, 15) is 10.1 Å². The monoisotopic (exact) mass is 307 g/mol. The predicted molar refractivity (Wildman–Crippen MR) is 86.1 cm³/mol. The number of nitro benzene ring substituents is 1. The van der Waals surface area contributed by atoms with Crippen molar-refractivity contribution < 1.29 is 9.66 Å². The van der Waals surface area contributed by atoms with Crippen LogP contribution in [0.4, 0.5) is 5.69 Å². The van der Waals surface area contributed by atoms with E-state index in [0.29, 0.717) is 5.82 Å². The third kappa shape index (κ3) is 3.16. The smallest absolute Gasteiger partial charge is 0.269 e. The van der Waals surface area contributed by atoms with Crippen LogP contribution in [-0.4, -0.2) is 22.0 Å². The van der Waals surface area contributed by atoms with Crippen molar-refractivity contribution in [3.8, 4) is 28.3 Å². The van der Waals surface area contributed by atoms with Crippen LogP contribution in [-0.2, 0) is 0 Å². The maximum atomic E-state index is 10.7. The average molecular weight is 307 g/mol. The van der Waals surface area contributed by atoms with E-state index >= 15 is 0 Å². The zero-order chi connectivity index (χ0) is 16.2. The molecule has 1 heterocycles. The highest BCUT2D eigenvalue weighted by Gasteiger charge is 2.07. The van der Waals surface area contributed by atoms with Crippen LogP contribution in [0.15, 0.2) is 60.9 Å². The van der Waals surface area contributed by atoms with Gasteiger partial charge in [0.25, 0.3) is 5.69 Å². The third-order valence-electron chi connectivity index (χ3n) is 3.41. The lowest BCUT2D eigenvalue weighted by Crippen LogP contribution is -1.91. The van der Waals surface area contributed by atoms with Crippen molar-refractivity contribution in [2.75, 3.05) is 7.11 Å². The molecule has 0 bridgehead atoms. The van der Waals surface area contributed by atoms with Crippen molar-refractivity contribution in [3.05, 3.63) is 71.0 Å². The molecular weight excluding hydrogens is 294 g/mol. The Balaban J connectivity index is 1.84. The molecule has 2 aromatic carbocycles. The molecule has 0 atom stereocenters. The summed E-state index contributed by atoms with van der Waals surface area (Å²) >= 11 is 0. The quantitative estimate of drug-likeness (QED) is 0.542. The number of ether oxygens (including phenoxy) is 1. The molecule has 3 rings (SSSR count). The van der Waals surface area contributed by atoms with Crippen LogP contribution in [0.5, 0.6) is 5.75 Å². The van der Waals surface area contributed by atoms with Crippen molar-refractivity contribution >= 4 is 5.69 Å². The van der Waals surface area contributed by atoms with Gasteiger partial charge in [-0.3, -0.25) is 10.1 Å². The van der Waals surface area contributed by atoms with Crippen molar-refractivity contribution in [3.63, 3.8) is 0 Å². The van der Waals surface area contributed by atoms with Crippen LogP contribution >= 0.6 is 0 Å². The van der Waals surface area contributed by atoms with Gasteiger partial charge in [-0.1, -0.05) is 0 Å². The minimum absolute atomic E-state index is 0.0597. The van der Waals surface area contributed by atoms with Crippen molar-refractivity contribution in [2.24, 2.45) is 0 Å². The van der Waals surface area contributed by atoms with Gasteiger partial charge in [-0.25, -0.2) is 9.97 Å². The summed E-state index contributed by atoms with van der Waals surface area (Å²) in [5.41, 5.74) is 2.58. The van der Waals surface area contributed by atoms with E-state index in [2.05, 4.69) is 9.97 Å². The molecule has 23 heavy (non-hydrogen) atoms. The van der Waals surface area contributed by atoms with Crippen LogP contribution in [0.3, 0.4) is 0 Å². The second kappa shape index (κ2) is 6.23. The molecule has 1 aromatic heterocycles. The molecule has 0 aliphatic rings. The second-order valence-corrected chi connectivity index (χ2v) is 4.83. The maximum absolute atomic E-state index is 10.7. The minimum atomic E-state index is -0.424. The van der Waals surface area contributed by atoms with E-state index in [-0.39, 0.29) is 5.69 Å². The Morgan fingerprint density at radius 2 is 1.43 bits per heavy atom. The van der Waals surface area contributed by atoms with Crippen LogP contribution in [0.2, 0.25) is 0 Å². The molecule has 0 saturated carbocycles. The Morgan fingerprint density at radius 3 is 1.96 bits per heavy atom. The Kier molecular flexibility index (Phi) is 3.97. The van der Waals surface area contributed by atoms with E-state index in [1.54, 1.807) is 31.6 Å². The highest BCUT2D eigenvalue weighted by Crippen LogP contribution is 2.23. The standard InChI is InChI=1S/C17H13N3O3/c1-23-16-8-4-13(5-9-16)17-18-10-14(11-19-17)12-2-6-15(7-3-12)20(21)22/h2-11H,1H3. The summed E-state index contributed by atoms with van der Waals surface area (Å²) in [5.74, 6) is 1.38. The van der Waals surface area contributed by atoms with Gasteiger partial charge in [-0.2, -0.15) is 0 Å². The van der Waals surface area contributed by atoms with Gasteiger partial charge in [-0.05, 0) is 42.0 Å². The number of hydrogen-bond donors (Lipinski definition) is 0. The Morgan fingerprint density at radius 1 is 0.870 bits per heavy atom. The number of hydrogen-bond acceptors (Lipinski definition) is 5. The molecule has 6 heteroatoms. The Labute approximate surface area is 132 Å². The van der Waals surface area contributed by atoms with Crippen LogP contribution in [0, 0.1) is 10.1 Å². The zero-order valence-electron chi connectivity index (χ0n) is 12.3. The van der Waals surface area contributed by atoms with Gasteiger partial charge in [0.1, 0.15) is 5.75 Å². The summed E-state index contributed by atoms with van der Waals surface area (Å²) in [6, 6.07) is 13.8. The first-order valence-electron chi connectivity index (χ1n) is 6.88. The Hall–Kier alpha value is -3.28. The lowest BCUT2D eigenvalue weighted by atomic mass is 10.1. The molecule has 0 amide bonds. The fourth-order valence-corrected chi connectivity index (χ4v) is 2.14. The van der Waals surface area contributed by atoms with Gasteiger partial charge < -0.3 is 4.74 Å². The molecule has 114 valence electrons. The first-order chi connectivity index (χ1) is 11.2. The average Bonchev–Trinajstić information content (AvgIpc) is 2.62. The first-order valence-corrected chi connectivity index (χ1v) is 6.88. The molecule has 0 aliphatic carbocycles. The normalized spacial score (nSPS) is 10.3. The highest BCUT2D eigenvalue weighted by molar-refractivity contribution is 5.65. The first kappa shape index (κ1) is 14.6. The van der Waals surface area contributed by atoms with Gasteiger partial charge in [0.05, 0.1) is 12.0 Å². The molecule has 0 radical (unpaired) electrons. The van der Waals surface area contributed by atoms with Crippen molar-refractivity contribution in [1.29, 1.82) is 0 Å². The number of rotatable bonds is 4. The maximum Gasteiger partial charge on any atom is 0.269 e. The van der Waals surface area contributed by atoms with E-state index in [1.807, 2.05) is 24.3 Å². The van der Waals surface area contributed by atoms with E-state index < -0.39 is 4.92 Å². The largest absolute Gasteiger partial charge is 0.497 e. The predicted octanol–water partition coefficient (Wildman–Crippen LogP) is 3.73. The fourth-order valence-electron chi connectivity index (χ4n) is 2.14. The fraction of sp³-hybridized carbons (Fsp3) is 0.0588. The summed E-state index contributed by atoms with van der Waals surface area (Å²) in [5, 5.41) is 10.7. The van der Waals surface area contributed by atoms with E-state index in [0.717, 1.165) is 22.4 Å².